The first kappa shape index (κ1) is 23.2. The van der Waals surface area contributed by atoms with Crippen LogP contribution in [0.15, 0.2) is 83.8 Å². The van der Waals surface area contributed by atoms with Gasteiger partial charge in [0, 0.05) is 18.8 Å². The van der Waals surface area contributed by atoms with Gasteiger partial charge in [0.2, 0.25) is 15.9 Å². The molecule has 0 bridgehead atoms. The average Bonchev–Trinajstić information content (AvgIpc) is 3.28. The largest absolute Gasteiger partial charge is 0.324 e. The van der Waals surface area contributed by atoms with Gasteiger partial charge in [-0.2, -0.15) is 4.31 Å². The summed E-state index contributed by atoms with van der Waals surface area (Å²) in [7, 11) is -3.57. The van der Waals surface area contributed by atoms with Gasteiger partial charge in [-0.05, 0) is 67.1 Å². The normalized spacial score (nSPS) is 15.3. The van der Waals surface area contributed by atoms with Crippen molar-refractivity contribution in [1.82, 2.24) is 19.3 Å². The summed E-state index contributed by atoms with van der Waals surface area (Å²) in [6, 6.07) is 24.1. The van der Waals surface area contributed by atoms with Crippen molar-refractivity contribution in [1.29, 1.82) is 0 Å². The molecule has 0 atom stereocenters. The number of carbonyl (C=O) groups is 1. The van der Waals surface area contributed by atoms with E-state index in [2.05, 4.69) is 27.8 Å². The van der Waals surface area contributed by atoms with Gasteiger partial charge in [0.15, 0.2) is 0 Å². The lowest BCUT2D eigenvalue weighted by Gasteiger charge is -2.31. The van der Waals surface area contributed by atoms with Crippen LogP contribution in [0.4, 0.5) is 5.69 Å². The zero-order chi connectivity index (χ0) is 24.3. The van der Waals surface area contributed by atoms with E-state index in [1.807, 2.05) is 42.5 Å². The minimum Gasteiger partial charge on any atom is -0.324 e. The van der Waals surface area contributed by atoms with Crippen molar-refractivity contribution < 1.29 is 13.2 Å². The second-order valence-corrected chi connectivity index (χ2v) is 10.8. The van der Waals surface area contributed by atoms with E-state index in [4.69, 9.17) is 0 Å². The number of carbonyl (C=O) groups excluding carboxylic acids is 1. The molecule has 1 N–H and O–H groups in total. The molecule has 1 aliphatic rings. The fourth-order valence-electron chi connectivity index (χ4n) is 4.53. The Kier molecular flexibility index (Phi) is 6.61. The van der Waals surface area contributed by atoms with Gasteiger partial charge >= 0.3 is 0 Å². The average molecular weight is 490 g/mol. The molecular formula is C26H27N5O3S. The number of nitrogens with zero attached hydrogens (tertiary/aromatic N) is 4. The van der Waals surface area contributed by atoms with Crippen LogP contribution in [-0.2, 0) is 27.8 Å². The Morgan fingerprint density at radius 3 is 2.34 bits per heavy atom. The van der Waals surface area contributed by atoms with Crippen LogP contribution in [-0.4, -0.2) is 46.7 Å². The smallest absolute Gasteiger partial charge is 0.246 e. The highest BCUT2D eigenvalue weighted by molar-refractivity contribution is 7.89. The molecule has 9 heteroatoms. The van der Waals surface area contributed by atoms with Crippen molar-refractivity contribution in [3.8, 4) is 0 Å². The predicted molar refractivity (Wildman–Crippen MR) is 134 cm³/mol. The van der Waals surface area contributed by atoms with Crippen molar-refractivity contribution in [2.75, 3.05) is 18.4 Å². The number of amides is 1. The summed E-state index contributed by atoms with van der Waals surface area (Å²) in [5.74, 6) is 0.222. The van der Waals surface area contributed by atoms with Gasteiger partial charge in [-0.1, -0.05) is 47.7 Å². The van der Waals surface area contributed by atoms with Crippen LogP contribution in [0.1, 0.15) is 18.4 Å². The highest BCUT2D eigenvalue weighted by atomic mass is 32.2. The predicted octanol–water partition coefficient (Wildman–Crippen LogP) is 3.71. The van der Waals surface area contributed by atoms with Crippen LogP contribution in [0.2, 0.25) is 0 Å². The molecule has 180 valence electrons. The van der Waals surface area contributed by atoms with Gasteiger partial charge in [-0.25, -0.2) is 13.1 Å². The van der Waals surface area contributed by atoms with Crippen molar-refractivity contribution in [2.24, 2.45) is 5.92 Å². The van der Waals surface area contributed by atoms with Gasteiger partial charge in [0.25, 0.3) is 0 Å². The van der Waals surface area contributed by atoms with Crippen molar-refractivity contribution in [3.63, 3.8) is 0 Å². The topological polar surface area (TPSA) is 97.2 Å². The van der Waals surface area contributed by atoms with Gasteiger partial charge in [-0.3, -0.25) is 4.79 Å². The number of nitrogens with one attached hydrogen (secondary N) is 1. The Bertz CT molecular complexity index is 1410. The van der Waals surface area contributed by atoms with Gasteiger partial charge in [0.1, 0.15) is 12.1 Å². The number of anilines is 1. The monoisotopic (exact) mass is 489 g/mol. The van der Waals surface area contributed by atoms with E-state index in [1.165, 1.54) is 10.2 Å². The van der Waals surface area contributed by atoms with Crippen LogP contribution < -0.4 is 5.32 Å². The van der Waals surface area contributed by atoms with E-state index < -0.39 is 10.0 Å². The second kappa shape index (κ2) is 9.97. The minimum absolute atomic E-state index is 0.0124. The van der Waals surface area contributed by atoms with Crippen LogP contribution in [0.5, 0.6) is 0 Å². The molecule has 1 amide bonds. The third kappa shape index (κ3) is 5.26. The van der Waals surface area contributed by atoms with Crippen molar-refractivity contribution in [3.05, 3.63) is 84.4 Å². The standard InChI is InChI=1S/C26H27N5O3S/c32-26(19-31-25-9-5-4-8-24(25)28-29-31)27-22-10-12-23(13-11-22)35(33,34)30-16-14-21(15-17-30)18-20-6-2-1-3-7-20/h1-13,21H,14-19H2,(H,27,32). The molecule has 8 nitrogen and oxygen atoms in total. The SMILES string of the molecule is O=C(Cn1nnc2ccccc21)Nc1ccc(S(=O)(=O)N2CCC(Cc3ccccc3)CC2)cc1. The summed E-state index contributed by atoms with van der Waals surface area (Å²) in [4.78, 5) is 12.7. The first-order chi connectivity index (χ1) is 17.0. The number of hydrogen-bond donors (Lipinski definition) is 1. The maximum atomic E-state index is 13.1. The van der Waals surface area contributed by atoms with E-state index in [1.54, 1.807) is 28.6 Å². The summed E-state index contributed by atoms with van der Waals surface area (Å²) >= 11 is 0. The van der Waals surface area contributed by atoms with Gasteiger partial charge in [0.05, 0.1) is 10.4 Å². The number of fused-ring (bicyclic) bond motifs is 1. The molecule has 0 saturated carbocycles. The molecule has 0 radical (unpaired) electrons. The molecule has 1 fully saturated rings. The quantitative estimate of drug-likeness (QED) is 0.427. The van der Waals surface area contributed by atoms with Gasteiger partial charge < -0.3 is 5.32 Å². The van der Waals surface area contributed by atoms with E-state index >= 15 is 0 Å². The maximum absolute atomic E-state index is 13.1. The number of aromatic nitrogens is 3. The lowest BCUT2D eigenvalue weighted by Crippen LogP contribution is -2.38. The lowest BCUT2D eigenvalue weighted by atomic mass is 9.91. The Balaban J connectivity index is 1.17. The molecule has 2 heterocycles. The van der Waals surface area contributed by atoms with E-state index in [9.17, 15) is 13.2 Å². The van der Waals surface area contributed by atoms with E-state index in [-0.39, 0.29) is 17.3 Å². The summed E-state index contributed by atoms with van der Waals surface area (Å²) in [6.45, 7) is 1.05. The highest BCUT2D eigenvalue weighted by Gasteiger charge is 2.29. The fraction of sp³-hybridized carbons (Fsp3) is 0.269. The Morgan fingerprint density at radius 1 is 0.914 bits per heavy atom. The fourth-order valence-corrected chi connectivity index (χ4v) is 6.00. The minimum atomic E-state index is -3.57. The number of piperidine rings is 1. The Hall–Kier alpha value is -3.56. The molecule has 1 saturated heterocycles. The number of para-hydroxylation sites is 1. The molecule has 1 aromatic heterocycles. The first-order valence-corrected chi connectivity index (χ1v) is 13.2. The first-order valence-electron chi connectivity index (χ1n) is 11.7. The third-order valence-electron chi connectivity index (χ3n) is 6.43. The molecule has 4 aromatic rings. The Labute approximate surface area is 204 Å². The molecule has 35 heavy (non-hydrogen) atoms. The molecule has 5 rings (SSSR count). The van der Waals surface area contributed by atoms with Gasteiger partial charge in [-0.15, -0.1) is 5.10 Å². The summed E-state index contributed by atoms with van der Waals surface area (Å²) in [5, 5.41) is 10.9. The second-order valence-electron chi connectivity index (χ2n) is 8.85. The Morgan fingerprint density at radius 2 is 1.60 bits per heavy atom. The van der Waals surface area contributed by atoms with Crippen LogP contribution >= 0.6 is 0 Å². The molecule has 0 spiro atoms. The third-order valence-corrected chi connectivity index (χ3v) is 8.34. The van der Waals surface area contributed by atoms with E-state index in [0.717, 1.165) is 30.3 Å². The molecule has 0 aliphatic carbocycles. The molecule has 0 unspecified atom stereocenters. The number of rotatable bonds is 7. The van der Waals surface area contributed by atoms with E-state index in [0.29, 0.717) is 24.7 Å². The van der Waals surface area contributed by atoms with Crippen LogP contribution in [0.3, 0.4) is 0 Å². The summed E-state index contributed by atoms with van der Waals surface area (Å²) in [5.41, 5.74) is 3.32. The maximum Gasteiger partial charge on any atom is 0.246 e. The van der Waals surface area contributed by atoms with Crippen LogP contribution in [0.25, 0.3) is 11.0 Å². The zero-order valence-corrected chi connectivity index (χ0v) is 20.1. The van der Waals surface area contributed by atoms with Crippen molar-refractivity contribution in [2.45, 2.75) is 30.7 Å². The molecule has 1 aliphatic heterocycles. The zero-order valence-electron chi connectivity index (χ0n) is 19.2. The number of benzene rings is 3. The number of sulfonamides is 1. The van der Waals surface area contributed by atoms with Crippen LogP contribution in [0, 0.1) is 5.92 Å². The molecule has 3 aromatic carbocycles. The lowest BCUT2D eigenvalue weighted by molar-refractivity contribution is -0.116. The summed E-state index contributed by atoms with van der Waals surface area (Å²) in [6.07, 6.45) is 2.67. The highest BCUT2D eigenvalue weighted by Crippen LogP contribution is 2.27. The summed E-state index contributed by atoms with van der Waals surface area (Å²) < 4.78 is 29.4. The number of hydrogen-bond acceptors (Lipinski definition) is 5. The van der Waals surface area contributed by atoms with Crippen molar-refractivity contribution >= 4 is 32.7 Å². The molecular weight excluding hydrogens is 462 g/mol.